The molecule has 4 rings (SSSR count). The standard InChI is InChI=1S/C21H19N3O4/c1-13(25)14-4-2-5-15(10-14)22-20(26)12-28-16-7-8-18-17(11-16)21(27)24-9-3-6-19(24)23-18/h2,4-5,7-8,10-11H,3,6,9,12H2,1H3,(H,22,26). The summed E-state index contributed by atoms with van der Waals surface area (Å²) in [5.74, 6) is 0.815. The van der Waals surface area contributed by atoms with Crippen molar-refractivity contribution in [3.63, 3.8) is 0 Å². The van der Waals surface area contributed by atoms with E-state index in [1.54, 1.807) is 47.0 Å². The molecular weight excluding hydrogens is 358 g/mol. The highest BCUT2D eigenvalue weighted by molar-refractivity contribution is 5.97. The zero-order valence-electron chi connectivity index (χ0n) is 15.4. The van der Waals surface area contributed by atoms with Crippen LogP contribution in [0.4, 0.5) is 5.69 Å². The Morgan fingerprint density at radius 2 is 2.07 bits per heavy atom. The van der Waals surface area contributed by atoms with Crippen molar-refractivity contribution in [2.75, 3.05) is 11.9 Å². The first-order valence-electron chi connectivity index (χ1n) is 9.08. The zero-order chi connectivity index (χ0) is 19.7. The van der Waals surface area contributed by atoms with Crippen molar-refractivity contribution in [2.45, 2.75) is 26.3 Å². The number of nitrogens with zero attached hydrogens (tertiary/aromatic N) is 2. The molecular formula is C21H19N3O4. The maximum absolute atomic E-state index is 12.6. The summed E-state index contributed by atoms with van der Waals surface area (Å²) in [6, 6.07) is 11.8. The number of fused-ring (bicyclic) bond motifs is 2. The fraction of sp³-hybridized carbons (Fsp3) is 0.238. The molecule has 0 spiro atoms. The molecule has 0 saturated carbocycles. The molecule has 0 unspecified atom stereocenters. The van der Waals surface area contributed by atoms with Crippen molar-refractivity contribution in [3.05, 3.63) is 64.2 Å². The van der Waals surface area contributed by atoms with Crippen LogP contribution >= 0.6 is 0 Å². The summed E-state index contributed by atoms with van der Waals surface area (Å²) < 4.78 is 7.24. The molecule has 2 aromatic carbocycles. The molecule has 0 aliphatic carbocycles. The second kappa shape index (κ2) is 7.26. The first-order chi connectivity index (χ1) is 13.5. The molecule has 1 amide bonds. The number of ether oxygens (including phenoxy) is 1. The van der Waals surface area contributed by atoms with Crippen molar-refractivity contribution in [1.29, 1.82) is 0 Å². The third-order valence-electron chi connectivity index (χ3n) is 4.71. The summed E-state index contributed by atoms with van der Waals surface area (Å²) in [4.78, 5) is 40.7. The molecule has 2 heterocycles. The molecule has 142 valence electrons. The molecule has 0 saturated heterocycles. The highest BCUT2D eigenvalue weighted by atomic mass is 16.5. The molecule has 0 fully saturated rings. The largest absolute Gasteiger partial charge is 0.484 e. The fourth-order valence-corrected chi connectivity index (χ4v) is 3.31. The number of benzene rings is 2. The number of Topliss-reactive ketones (excluding diaryl/α,β-unsaturated/α-hetero) is 1. The topological polar surface area (TPSA) is 90.3 Å². The average molecular weight is 377 g/mol. The fourth-order valence-electron chi connectivity index (χ4n) is 3.31. The van der Waals surface area contributed by atoms with Gasteiger partial charge in [-0.05, 0) is 43.7 Å². The van der Waals surface area contributed by atoms with Gasteiger partial charge in [-0.2, -0.15) is 0 Å². The van der Waals surface area contributed by atoms with E-state index in [0.29, 0.717) is 34.4 Å². The Bertz CT molecular complexity index is 1150. The van der Waals surface area contributed by atoms with Crippen LogP contribution in [-0.4, -0.2) is 27.8 Å². The normalized spacial score (nSPS) is 12.6. The van der Waals surface area contributed by atoms with Crippen molar-refractivity contribution >= 4 is 28.3 Å². The third-order valence-corrected chi connectivity index (χ3v) is 4.71. The molecule has 1 aliphatic heterocycles. The summed E-state index contributed by atoms with van der Waals surface area (Å²) in [6.45, 7) is 1.94. The molecule has 1 N–H and O–H groups in total. The second-order valence-corrected chi connectivity index (χ2v) is 6.74. The van der Waals surface area contributed by atoms with Crippen LogP contribution < -0.4 is 15.6 Å². The number of aryl methyl sites for hydroxylation is 1. The highest BCUT2D eigenvalue weighted by Crippen LogP contribution is 2.20. The summed E-state index contributed by atoms with van der Waals surface area (Å²) >= 11 is 0. The summed E-state index contributed by atoms with van der Waals surface area (Å²) in [5, 5.41) is 3.18. The van der Waals surface area contributed by atoms with Gasteiger partial charge in [0.1, 0.15) is 11.6 Å². The van der Waals surface area contributed by atoms with E-state index in [1.807, 2.05) is 0 Å². The lowest BCUT2D eigenvalue weighted by Gasteiger charge is -2.10. The molecule has 7 heteroatoms. The number of anilines is 1. The van der Waals surface area contributed by atoms with Crippen LogP contribution in [0, 0.1) is 0 Å². The Hall–Kier alpha value is -3.48. The Morgan fingerprint density at radius 1 is 1.21 bits per heavy atom. The number of hydrogen-bond acceptors (Lipinski definition) is 5. The van der Waals surface area contributed by atoms with E-state index in [1.165, 1.54) is 6.92 Å². The first-order valence-corrected chi connectivity index (χ1v) is 9.08. The van der Waals surface area contributed by atoms with Crippen LogP contribution in [0.2, 0.25) is 0 Å². The predicted octanol–water partition coefficient (Wildman–Crippen LogP) is 2.56. The van der Waals surface area contributed by atoms with Crippen molar-refractivity contribution < 1.29 is 14.3 Å². The zero-order valence-corrected chi connectivity index (χ0v) is 15.4. The second-order valence-electron chi connectivity index (χ2n) is 6.74. The van der Waals surface area contributed by atoms with E-state index in [4.69, 9.17) is 4.74 Å². The van der Waals surface area contributed by atoms with Gasteiger partial charge in [-0.3, -0.25) is 19.0 Å². The quantitative estimate of drug-likeness (QED) is 0.690. The van der Waals surface area contributed by atoms with Crippen molar-refractivity contribution in [2.24, 2.45) is 0 Å². The Kier molecular flexibility index (Phi) is 4.65. The number of aromatic nitrogens is 2. The van der Waals surface area contributed by atoms with E-state index in [-0.39, 0.29) is 23.9 Å². The minimum atomic E-state index is -0.357. The van der Waals surface area contributed by atoms with Gasteiger partial charge in [0.05, 0.1) is 10.9 Å². The van der Waals surface area contributed by atoms with Gasteiger partial charge in [-0.25, -0.2) is 4.98 Å². The van der Waals surface area contributed by atoms with E-state index >= 15 is 0 Å². The van der Waals surface area contributed by atoms with Crippen LogP contribution in [0.15, 0.2) is 47.3 Å². The van der Waals surface area contributed by atoms with Crippen LogP contribution in [0.5, 0.6) is 5.75 Å². The summed E-state index contributed by atoms with van der Waals surface area (Å²) in [6.07, 6.45) is 1.74. The predicted molar refractivity (Wildman–Crippen MR) is 105 cm³/mol. The molecule has 3 aromatic rings. The van der Waals surface area contributed by atoms with Gasteiger partial charge < -0.3 is 10.1 Å². The molecule has 7 nitrogen and oxygen atoms in total. The highest BCUT2D eigenvalue weighted by Gasteiger charge is 2.16. The summed E-state index contributed by atoms with van der Waals surface area (Å²) in [7, 11) is 0. The number of rotatable bonds is 5. The number of carbonyl (C=O) groups excluding carboxylic acids is 2. The smallest absolute Gasteiger partial charge is 0.262 e. The molecule has 0 atom stereocenters. The van der Waals surface area contributed by atoms with Gasteiger partial charge in [-0.15, -0.1) is 0 Å². The molecule has 1 aliphatic rings. The first kappa shape index (κ1) is 17.9. The summed E-state index contributed by atoms with van der Waals surface area (Å²) in [5.41, 5.74) is 1.61. The molecule has 0 radical (unpaired) electrons. The lowest BCUT2D eigenvalue weighted by Crippen LogP contribution is -2.22. The Balaban J connectivity index is 1.47. The van der Waals surface area contributed by atoms with Gasteiger partial charge in [0, 0.05) is 24.2 Å². The minimum absolute atomic E-state index is 0.0742. The third kappa shape index (κ3) is 3.51. The monoisotopic (exact) mass is 377 g/mol. The van der Waals surface area contributed by atoms with Crippen molar-refractivity contribution in [3.8, 4) is 5.75 Å². The maximum Gasteiger partial charge on any atom is 0.262 e. The number of hydrogen-bond donors (Lipinski definition) is 1. The van der Waals surface area contributed by atoms with Crippen LogP contribution in [-0.2, 0) is 17.8 Å². The van der Waals surface area contributed by atoms with Gasteiger partial charge in [0.2, 0.25) is 0 Å². The SMILES string of the molecule is CC(=O)c1cccc(NC(=O)COc2ccc3nc4n(c(=O)c3c2)CCC4)c1. The van der Waals surface area contributed by atoms with Gasteiger partial charge in [-0.1, -0.05) is 12.1 Å². The minimum Gasteiger partial charge on any atom is -0.484 e. The molecule has 0 bridgehead atoms. The number of carbonyl (C=O) groups is 2. The van der Waals surface area contributed by atoms with Crippen LogP contribution in [0.1, 0.15) is 29.5 Å². The molecule has 1 aromatic heterocycles. The van der Waals surface area contributed by atoms with Gasteiger partial charge in [0.15, 0.2) is 12.4 Å². The Morgan fingerprint density at radius 3 is 2.89 bits per heavy atom. The van der Waals surface area contributed by atoms with E-state index in [2.05, 4.69) is 10.3 Å². The van der Waals surface area contributed by atoms with Crippen molar-refractivity contribution in [1.82, 2.24) is 9.55 Å². The van der Waals surface area contributed by atoms with Crippen LogP contribution in [0.3, 0.4) is 0 Å². The maximum atomic E-state index is 12.6. The number of amides is 1. The van der Waals surface area contributed by atoms with Gasteiger partial charge >= 0.3 is 0 Å². The van der Waals surface area contributed by atoms with E-state index in [9.17, 15) is 14.4 Å². The van der Waals surface area contributed by atoms with Crippen LogP contribution in [0.25, 0.3) is 10.9 Å². The molecule has 28 heavy (non-hydrogen) atoms. The lowest BCUT2D eigenvalue weighted by atomic mass is 10.1. The lowest BCUT2D eigenvalue weighted by molar-refractivity contribution is -0.118. The van der Waals surface area contributed by atoms with E-state index in [0.717, 1.165) is 18.7 Å². The van der Waals surface area contributed by atoms with Gasteiger partial charge in [0.25, 0.3) is 11.5 Å². The van der Waals surface area contributed by atoms with E-state index < -0.39 is 0 Å². The average Bonchev–Trinajstić information content (AvgIpc) is 3.16. The Labute approximate surface area is 161 Å². The number of nitrogens with one attached hydrogen (secondary N) is 1. The number of ketones is 1.